The van der Waals surface area contributed by atoms with Gasteiger partial charge in [0.15, 0.2) is 0 Å². The van der Waals surface area contributed by atoms with E-state index in [2.05, 4.69) is 0 Å². The minimum atomic E-state index is 0. The van der Waals surface area contributed by atoms with E-state index in [1.165, 1.54) is 0 Å². The van der Waals surface area contributed by atoms with Crippen LogP contribution in [0.5, 0.6) is 0 Å². The maximum atomic E-state index is 7.91. The van der Waals surface area contributed by atoms with E-state index in [4.69, 9.17) is 10.2 Å². The molecule has 0 unspecified atom stereocenters. The first-order chi connectivity index (χ1) is 2.41. The van der Waals surface area contributed by atoms with E-state index in [1.807, 2.05) is 0 Å². The quantitative estimate of drug-likeness (QED) is 0.446. The molecule has 3 heteroatoms. The molecule has 2 N–H and O–H groups in total. The molecule has 0 aromatic carbocycles. The van der Waals surface area contributed by atoms with Crippen molar-refractivity contribution in [3.8, 4) is 0 Å². The van der Waals surface area contributed by atoms with Gasteiger partial charge in [-0.1, -0.05) is 0 Å². The molecular weight excluding hydrogens is 141 g/mol. The van der Waals surface area contributed by atoms with Crippen LogP contribution in [0.25, 0.3) is 0 Å². The summed E-state index contributed by atoms with van der Waals surface area (Å²) in [5, 5.41) is 15.8. The molecule has 0 spiro atoms. The standard InChI is InChI=1S/C3H8O2.GeH4/c4-2-1-3-5;/h4-5H,1-3H2;1H4. The minimum absolute atomic E-state index is 0. The average molecular weight is 153 g/mol. The molecule has 40 valence electrons. The topological polar surface area (TPSA) is 40.5 Å². The number of aliphatic hydroxyl groups is 2. The van der Waals surface area contributed by atoms with Crippen LogP contribution in [0.2, 0.25) is 0 Å². The van der Waals surface area contributed by atoms with E-state index in [-0.39, 0.29) is 30.8 Å². The summed E-state index contributed by atoms with van der Waals surface area (Å²) >= 11 is 0. The Kier molecular flexibility index (Phi) is 14.6. The summed E-state index contributed by atoms with van der Waals surface area (Å²) in [7, 11) is 0. The summed E-state index contributed by atoms with van der Waals surface area (Å²) in [6.07, 6.45) is 0.500. The number of hydrogen-bond acceptors (Lipinski definition) is 2. The van der Waals surface area contributed by atoms with Gasteiger partial charge in [-0.2, -0.15) is 0 Å². The van der Waals surface area contributed by atoms with Crippen LogP contribution in [-0.4, -0.2) is 41.0 Å². The van der Waals surface area contributed by atoms with Gasteiger partial charge in [0.25, 0.3) is 0 Å². The Labute approximate surface area is 48.2 Å². The Morgan fingerprint density at radius 3 is 1.33 bits per heavy atom. The van der Waals surface area contributed by atoms with Crippen LogP contribution in [0.1, 0.15) is 6.42 Å². The fourth-order valence-corrected chi connectivity index (χ4v) is 0.0707. The van der Waals surface area contributed by atoms with Gasteiger partial charge in [-0.3, -0.25) is 0 Å². The Balaban J connectivity index is 0. The monoisotopic (exact) mass is 154 g/mol. The van der Waals surface area contributed by atoms with E-state index < -0.39 is 0 Å². The van der Waals surface area contributed by atoms with Crippen LogP contribution >= 0.6 is 0 Å². The van der Waals surface area contributed by atoms with Gasteiger partial charge in [-0.25, -0.2) is 0 Å². The Bertz CT molecular complexity index is 16.3. The SMILES string of the molecule is OCCCO.[GeH4]. The molecule has 0 aromatic rings. The van der Waals surface area contributed by atoms with Gasteiger partial charge in [0, 0.05) is 13.2 Å². The van der Waals surface area contributed by atoms with Crippen LogP contribution in [0.4, 0.5) is 0 Å². The molecular formula is C3H12GeO2. The molecule has 6 heavy (non-hydrogen) atoms. The molecule has 0 fully saturated rings. The fraction of sp³-hybridized carbons (Fsp3) is 1.00. The second kappa shape index (κ2) is 9.07. The fourth-order valence-electron chi connectivity index (χ4n) is 0.0707. The number of rotatable bonds is 2. The molecule has 0 bridgehead atoms. The summed E-state index contributed by atoms with van der Waals surface area (Å²) in [4.78, 5) is 0. The Morgan fingerprint density at radius 1 is 1.00 bits per heavy atom. The van der Waals surface area contributed by atoms with Gasteiger partial charge in [-0.15, -0.1) is 0 Å². The normalized spacial score (nSPS) is 7.00. The first kappa shape index (κ1) is 9.68. The molecule has 0 rings (SSSR count). The van der Waals surface area contributed by atoms with Crippen molar-refractivity contribution in [3.63, 3.8) is 0 Å². The average Bonchev–Trinajstić information content (AvgIpc) is 1.41. The zero-order valence-electron chi connectivity index (χ0n) is 3.02. The van der Waals surface area contributed by atoms with Gasteiger partial charge in [0.05, 0.1) is 0 Å². The van der Waals surface area contributed by atoms with E-state index in [1.54, 1.807) is 0 Å². The summed E-state index contributed by atoms with van der Waals surface area (Å²) in [6, 6.07) is 0. The molecule has 0 atom stereocenters. The van der Waals surface area contributed by atoms with Crippen LogP contribution < -0.4 is 0 Å². The second-order valence-corrected chi connectivity index (χ2v) is 0.801. The zero-order valence-corrected chi connectivity index (χ0v) is 3.02. The van der Waals surface area contributed by atoms with Crippen molar-refractivity contribution in [1.82, 2.24) is 0 Å². The van der Waals surface area contributed by atoms with Crippen molar-refractivity contribution in [3.05, 3.63) is 0 Å². The van der Waals surface area contributed by atoms with Crippen molar-refractivity contribution in [2.24, 2.45) is 0 Å². The molecule has 0 aliphatic rings. The van der Waals surface area contributed by atoms with Crippen molar-refractivity contribution in [2.75, 3.05) is 13.2 Å². The summed E-state index contributed by atoms with van der Waals surface area (Å²) in [6.45, 7) is 0.188. The van der Waals surface area contributed by atoms with Gasteiger partial charge in [-0.05, 0) is 6.42 Å². The molecule has 0 aliphatic carbocycles. The van der Waals surface area contributed by atoms with E-state index in [0.717, 1.165) is 0 Å². The van der Waals surface area contributed by atoms with Crippen molar-refractivity contribution in [1.29, 1.82) is 0 Å². The van der Waals surface area contributed by atoms with Gasteiger partial charge in [0.1, 0.15) is 0 Å². The molecule has 0 saturated carbocycles. The van der Waals surface area contributed by atoms with Crippen molar-refractivity contribution >= 4 is 17.6 Å². The van der Waals surface area contributed by atoms with Crippen LogP contribution in [-0.2, 0) is 0 Å². The predicted octanol–water partition coefficient (Wildman–Crippen LogP) is -2.09. The van der Waals surface area contributed by atoms with E-state index >= 15 is 0 Å². The Morgan fingerprint density at radius 2 is 1.33 bits per heavy atom. The van der Waals surface area contributed by atoms with Crippen LogP contribution in [0, 0.1) is 0 Å². The maximum absolute atomic E-state index is 7.91. The molecule has 0 aliphatic heterocycles. The summed E-state index contributed by atoms with van der Waals surface area (Å²) < 4.78 is 0. The molecule has 0 saturated heterocycles. The predicted molar refractivity (Wildman–Crippen MR) is 30.1 cm³/mol. The van der Waals surface area contributed by atoms with Crippen LogP contribution in [0.15, 0.2) is 0 Å². The second-order valence-electron chi connectivity index (χ2n) is 0.801. The van der Waals surface area contributed by atoms with Gasteiger partial charge in [0.2, 0.25) is 0 Å². The third kappa shape index (κ3) is 8.82. The molecule has 0 aromatic heterocycles. The summed E-state index contributed by atoms with van der Waals surface area (Å²) in [5.74, 6) is 0. The van der Waals surface area contributed by atoms with Gasteiger partial charge >= 0.3 is 17.6 Å². The Hall–Kier alpha value is 0.463. The van der Waals surface area contributed by atoms with Gasteiger partial charge < -0.3 is 10.2 Å². The first-order valence-corrected chi connectivity index (χ1v) is 1.63. The molecule has 2 nitrogen and oxygen atoms in total. The zero-order chi connectivity index (χ0) is 4.12. The van der Waals surface area contributed by atoms with E-state index in [9.17, 15) is 0 Å². The molecule has 0 heterocycles. The summed E-state index contributed by atoms with van der Waals surface area (Å²) in [5.41, 5.74) is 0. The molecule has 0 radical (unpaired) electrons. The molecule has 0 amide bonds. The van der Waals surface area contributed by atoms with Crippen molar-refractivity contribution in [2.45, 2.75) is 6.42 Å². The first-order valence-electron chi connectivity index (χ1n) is 1.63. The van der Waals surface area contributed by atoms with Crippen molar-refractivity contribution < 1.29 is 10.2 Å². The third-order valence-electron chi connectivity index (χ3n) is 0.316. The van der Waals surface area contributed by atoms with Crippen LogP contribution in [0.3, 0.4) is 0 Å². The number of hydrogen-bond donors (Lipinski definition) is 2. The third-order valence-corrected chi connectivity index (χ3v) is 0.316. The number of aliphatic hydroxyl groups excluding tert-OH is 2. The van der Waals surface area contributed by atoms with E-state index in [0.29, 0.717) is 6.42 Å².